The third kappa shape index (κ3) is 4.16. The van der Waals surface area contributed by atoms with Crippen molar-refractivity contribution < 1.29 is 19.4 Å². The molecule has 1 aromatic rings. The van der Waals surface area contributed by atoms with E-state index in [9.17, 15) is 14.7 Å². The van der Waals surface area contributed by atoms with Crippen molar-refractivity contribution in [2.24, 2.45) is 5.41 Å². The third-order valence-corrected chi connectivity index (χ3v) is 5.33. The summed E-state index contributed by atoms with van der Waals surface area (Å²) in [6.45, 7) is 2.06. The van der Waals surface area contributed by atoms with Crippen LogP contribution < -0.4 is 0 Å². The minimum Gasteiger partial charge on any atom is -0.481 e. The summed E-state index contributed by atoms with van der Waals surface area (Å²) in [5, 5.41) is 9.89. The van der Waals surface area contributed by atoms with Crippen molar-refractivity contribution in [1.82, 2.24) is 0 Å². The van der Waals surface area contributed by atoms with E-state index < -0.39 is 11.4 Å². The Morgan fingerprint density at radius 2 is 1.92 bits per heavy atom. The van der Waals surface area contributed by atoms with Gasteiger partial charge in [0.2, 0.25) is 0 Å². The van der Waals surface area contributed by atoms with Crippen LogP contribution >= 0.6 is 0 Å². The molecule has 0 aromatic heterocycles. The van der Waals surface area contributed by atoms with Crippen LogP contribution in [0.3, 0.4) is 0 Å². The number of hydrogen-bond donors (Lipinski definition) is 1. The van der Waals surface area contributed by atoms with E-state index in [1.165, 1.54) is 7.11 Å². The van der Waals surface area contributed by atoms with Gasteiger partial charge in [-0.15, -0.1) is 0 Å². The summed E-state index contributed by atoms with van der Waals surface area (Å²) >= 11 is 0. The minimum absolute atomic E-state index is 0.236. The van der Waals surface area contributed by atoms with E-state index in [2.05, 4.69) is 6.92 Å². The van der Waals surface area contributed by atoms with Crippen LogP contribution in [0.5, 0.6) is 0 Å². The van der Waals surface area contributed by atoms with Gasteiger partial charge in [-0.05, 0) is 49.3 Å². The molecule has 1 fully saturated rings. The number of hydrogen-bond acceptors (Lipinski definition) is 3. The lowest BCUT2D eigenvalue weighted by atomic mass is 9.68. The number of esters is 1. The number of carbonyl (C=O) groups excluding carboxylic acids is 1. The van der Waals surface area contributed by atoms with E-state index >= 15 is 0 Å². The Balaban J connectivity index is 2.25. The molecule has 4 heteroatoms. The maximum absolute atomic E-state index is 12.0. The van der Waals surface area contributed by atoms with Gasteiger partial charge in [0.05, 0.1) is 18.1 Å². The lowest BCUT2D eigenvalue weighted by Gasteiger charge is -2.35. The van der Waals surface area contributed by atoms with Crippen molar-refractivity contribution >= 4 is 11.9 Å². The average molecular weight is 332 g/mol. The summed E-state index contributed by atoms with van der Waals surface area (Å²) in [6.07, 6.45) is 7.32. The summed E-state index contributed by atoms with van der Waals surface area (Å²) < 4.78 is 4.74. The van der Waals surface area contributed by atoms with Crippen LogP contribution in [-0.2, 0) is 9.53 Å². The highest BCUT2D eigenvalue weighted by atomic mass is 16.5. The standard InChI is InChI=1S/C20H28O4/c1-3-12-20(19(22)23)13-6-4-5-7-17(14-20)15-8-10-16(11-9-15)18(21)24-2/h8-11,17H,3-7,12-14H2,1-2H3,(H,22,23)/t17-,20+/m0/s1. The first-order valence-corrected chi connectivity index (χ1v) is 8.94. The van der Waals surface area contributed by atoms with Crippen LogP contribution in [0.1, 0.15) is 80.1 Å². The number of rotatable bonds is 5. The minimum atomic E-state index is -0.651. The van der Waals surface area contributed by atoms with Gasteiger partial charge in [0.25, 0.3) is 0 Å². The molecule has 0 radical (unpaired) electrons. The highest BCUT2D eigenvalue weighted by molar-refractivity contribution is 5.89. The van der Waals surface area contributed by atoms with Gasteiger partial charge >= 0.3 is 11.9 Å². The monoisotopic (exact) mass is 332 g/mol. The summed E-state index contributed by atoms with van der Waals surface area (Å²) in [4.78, 5) is 23.6. The quantitative estimate of drug-likeness (QED) is 0.788. The Morgan fingerprint density at radius 3 is 2.50 bits per heavy atom. The number of benzene rings is 1. The van der Waals surface area contributed by atoms with Gasteiger partial charge in [-0.1, -0.05) is 44.7 Å². The SMILES string of the molecule is CCC[C@@]1(C(=O)O)CCCCC[C@H](c2ccc(C(=O)OC)cc2)C1. The molecule has 1 aliphatic rings. The topological polar surface area (TPSA) is 63.6 Å². The van der Waals surface area contributed by atoms with Gasteiger partial charge in [-0.25, -0.2) is 4.79 Å². The predicted octanol–water partition coefficient (Wildman–Crippen LogP) is 4.78. The first-order chi connectivity index (χ1) is 11.5. The molecule has 2 atom stereocenters. The molecule has 1 aromatic carbocycles. The van der Waals surface area contributed by atoms with Crippen molar-refractivity contribution in [1.29, 1.82) is 0 Å². The average Bonchev–Trinajstić information content (AvgIpc) is 2.56. The first-order valence-electron chi connectivity index (χ1n) is 8.94. The van der Waals surface area contributed by atoms with E-state index in [0.717, 1.165) is 50.5 Å². The predicted molar refractivity (Wildman–Crippen MR) is 93.2 cm³/mol. The van der Waals surface area contributed by atoms with Crippen molar-refractivity contribution in [3.8, 4) is 0 Å². The molecule has 0 spiro atoms. The van der Waals surface area contributed by atoms with E-state index in [4.69, 9.17) is 4.74 Å². The van der Waals surface area contributed by atoms with E-state index in [1.54, 1.807) is 12.1 Å². The normalized spacial score (nSPS) is 24.7. The molecule has 2 rings (SSSR count). The third-order valence-electron chi connectivity index (χ3n) is 5.33. The van der Waals surface area contributed by atoms with Crippen molar-refractivity contribution in [2.45, 2.75) is 64.2 Å². The van der Waals surface area contributed by atoms with Gasteiger partial charge in [-0.2, -0.15) is 0 Å². The molecule has 1 aliphatic carbocycles. The molecule has 0 aliphatic heterocycles. The zero-order valence-corrected chi connectivity index (χ0v) is 14.7. The molecular weight excluding hydrogens is 304 g/mol. The van der Waals surface area contributed by atoms with Crippen LogP contribution in [0.25, 0.3) is 0 Å². The first kappa shape index (κ1) is 18.5. The van der Waals surface area contributed by atoms with Crippen LogP contribution in [0.2, 0.25) is 0 Å². The van der Waals surface area contributed by atoms with Crippen LogP contribution in [0.15, 0.2) is 24.3 Å². The lowest BCUT2D eigenvalue weighted by Crippen LogP contribution is -2.34. The second kappa shape index (κ2) is 8.32. The number of aliphatic carboxylic acids is 1. The van der Waals surface area contributed by atoms with Gasteiger partial charge in [-0.3, -0.25) is 4.79 Å². The van der Waals surface area contributed by atoms with Crippen LogP contribution in [0, 0.1) is 5.41 Å². The molecular formula is C20H28O4. The number of ether oxygens (including phenoxy) is 1. The zero-order chi connectivity index (χ0) is 17.6. The van der Waals surface area contributed by atoms with E-state index in [1.807, 2.05) is 12.1 Å². The van der Waals surface area contributed by atoms with Crippen molar-refractivity contribution in [2.75, 3.05) is 7.11 Å². The van der Waals surface area contributed by atoms with Crippen molar-refractivity contribution in [3.05, 3.63) is 35.4 Å². The van der Waals surface area contributed by atoms with Gasteiger partial charge in [0.15, 0.2) is 0 Å². The molecule has 4 nitrogen and oxygen atoms in total. The van der Waals surface area contributed by atoms with E-state index in [-0.39, 0.29) is 11.9 Å². The number of carbonyl (C=O) groups is 2. The Hall–Kier alpha value is -1.84. The molecule has 0 amide bonds. The molecule has 132 valence electrons. The largest absolute Gasteiger partial charge is 0.481 e. The molecule has 24 heavy (non-hydrogen) atoms. The second-order valence-electron chi connectivity index (χ2n) is 6.95. The maximum atomic E-state index is 12.0. The van der Waals surface area contributed by atoms with Gasteiger partial charge in [0.1, 0.15) is 0 Å². The molecule has 0 saturated heterocycles. The highest BCUT2D eigenvalue weighted by Crippen LogP contribution is 2.44. The fourth-order valence-electron chi connectivity index (χ4n) is 4.01. The number of carboxylic acid groups (broad SMARTS) is 1. The lowest BCUT2D eigenvalue weighted by molar-refractivity contribution is -0.151. The Kier molecular flexibility index (Phi) is 6.41. The Labute approximate surface area is 144 Å². The van der Waals surface area contributed by atoms with Crippen LogP contribution in [0.4, 0.5) is 0 Å². The van der Waals surface area contributed by atoms with Crippen LogP contribution in [-0.4, -0.2) is 24.2 Å². The second-order valence-corrected chi connectivity index (χ2v) is 6.95. The fraction of sp³-hybridized carbons (Fsp3) is 0.600. The molecule has 0 heterocycles. The van der Waals surface area contributed by atoms with Gasteiger partial charge in [0, 0.05) is 0 Å². The molecule has 0 unspecified atom stereocenters. The van der Waals surface area contributed by atoms with Gasteiger partial charge < -0.3 is 9.84 Å². The zero-order valence-electron chi connectivity index (χ0n) is 14.7. The Bertz CT molecular complexity index is 564. The fourth-order valence-corrected chi connectivity index (χ4v) is 4.01. The summed E-state index contributed by atoms with van der Waals surface area (Å²) in [5.41, 5.74) is 1.05. The Morgan fingerprint density at radius 1 is 1.21 bits per heavy atom. The maximum Gasteiger partial charge on any atom is 0.337 e. The number of carboxylic acids is 1. The molecule has 1 N–H and O–H groups in total. The number of methoxy groups -OCH3 is 1. The van der Waals surface area contributed by atoms with E-state index in [0.29, 0.717) is 12.0 Å². The molecule has 1 saturated carbocycles. The summed E-state index contributed by atoms with van der Waals surface area (Å²) in [6, 6.07) is 7.47. The summed E-state index contributed by atoms with van der Waals surface area (Å²) in [7, 11) is 1.37. The summed E-state index contributed by atoms with van der Waals surface area (Å²) in [5.74, 6) is -0.757. The smallest absolute Gasteiger partial charge is 0.337 e. The highest BCUT2D eigenvalue weighted by Gasteiger charge is 2.40. The molecule has 0 bridgehead atoms. The van der Waals surface area contributed by atoms with Crippen molar-refractivity contribution in [3.63, 3.8) is 0 Å².